The normalized spacial score (nSPS) is 13.3. The Labute approximate surface area is 270 Å². The highest BCUT2D eigenvalue weighted by molar-refractivity contribution is 6.09. The lowest BCUT2D eigenvalue weighted by Gasteiger charge is -2.36. The fourth-order valence-electron chi connectivity index (χ4n) is 6.20. The third kappa shape index (κ3) is 6.27. The van der Waals surface area contributed by atoms with E-state index in [0.29, 0.717) is 17.5 Å². The zero-order valence-corrected chi connectivity index (χ0v) is 27.4. The Morgan fingerprint density at radius 1 is 0.761 bits per heavy atom. The maximum Gasteiger partial charge on any atom is 0.312 e. The number of ether oxygens (including phenoxy) is 2. The lowest BCUT2D eigenvalue weighted by molar-refractivity contribution is -0.160. The van der Waals surface area contributed by atoms with Crippen LogP contribution in [0.2, 0.25) is 0 Å². The zero-order chi connectivity index (χ0) is 32.5. The Balaban J connectivity index is 1.12. The van der Waals surface area contributed by atoms with Gasteiger partial charge < -0.3 is 18.5 Å². The van der Waals surface area contributed by atoms with Crippen LogP contribution in [-0.4, -0.2) is 33.9 Å². The van der Waals surface area contributed by atoms with Gasteiger partial charge in [0.15, 0.2) is 0 Å². The molecule has 0 spiro atoms. The molecule has 0 N–H and O–H groups in total. The Kier molecular flexibility index (Phi) is 8.43. The first-order valence-electron chi connectivity index (χ1n) is 15.9. The van der Waals surface area contributed by atoms with E-state index in [1.54, 1.807) is 0 Å². The minimum atomic E-state index is -0.556. The van der Waals surface area contributed by atoms with Crippen LogP contribution in [0.5, 0.6) is 5.75 Å². The van der Waals surface area contributed by atoms with Crippen LogP contribution in [-0.2, 0) is 9.53 Å². The van der Waals surface area contributed by atoms with Crippen LogP contribution in [0.1, 0.15) is 48.0 Å². The monoisotopic (exact) mass is 615 g/mol. The Hall–Kier alpha value is -4.91. The van der Waals surface area contributed by atoms with Crippen molar-refractivity contribution in [3.05, 3.63) is 97.1 Å². The molecule has 2 aromatic heterocycles. The molecule has 0 radical (unpaired) electrons. The summed E-state index contributed by atoms with van der Waals surface area (Å²) in [5.41, 5.74) is 4.40. The number of carbonyl (C=O) groups excluding carboxylic acids is 1. The number of rotatable bonds is 10. The van der Waals surface area contributed by atoms with E-state index < -0.39 is 5.41 Å². The van der Waals surface area contributed by atoms with Gasteiger partial charge in [-0.1, -0.05) is 77.1 Å². The third-order valence-corrected chi connectivity index (χ3v) is 8.68. The van der Waals surface area contributed by atoms with Crippen LogP contribution in [0, 0.1) is 16.7 Å². The second-order valence-corrected chi connectivity index (χ2v) is 13.7. The standard InChI is InChI=1S/C39H41N3O4/c1-26(2)39(6,25-38(3,4)5)37(43)45-23-22-44-30-13-11-12-28(24-30)36-41-40-35(46-36)27-18-20-29(21-19-27)42-33-16-9-7-14-31(33)32-15-8-10-17-34(32)42/h7-21,24,26H,22-23,25H2,1-6H3. The topological polar surface area (TPSA) is 79.4 Å². The van der Waals surface area contributed by atoms with Gasteiger partial charge in [0.1, 0.15) is 19.0 Å². The van der Waals surface area contributed by atoms with Crippen molar-refractivity contribution in [3.63, 3.8) is 0 Å². The van der Waals surface area contributed by atoms with Crippen molar-refractivity contribution in [1.29, 1.82) is 0 Å². The van der Waals surface area contributed by atoms with Gasteiger partial charge in [0.2, 0.25) is 11.8 Å². The summed E-state index contributed by atoms with van der Waals surface area (Å²) in [6.07, 6.45) is 0.747. The van der Waals surface area contributed by atoms with Gasteiger partial charge in [-0.25, -0.2) is 0 Å². The molecule has 236 valence electrons. The molecule has 0 aliphatic rings. The molecule has 0 fully saturated rings. The predicted molar refractivity (Wildman–Crippen MR) is 183 cm³/mol. The number of hydrogen-bond donors (Lipinski definition) is 0. The highest BCUT2D eigenvalue weighted by atomic mass is 16.6. The van der Waals surface area contributed by atoms with E-state index in [1.165, 1.54) is 10.8 Å². The Morgan fingerprint density at radius 2 is 1.37 bits per heavy atom. The van der Waals surface area contributed by atoms with E-state index in [1.807, 2.05) is 43.3 Å². The fourth-order valence-corrected chi connectivity index (χ4v) is 6.20. The molecule has 46 heavy (non-hydrogen) atoms. The molecule has 4 aromatic carbocycles. The maximum atomic E-state index is 13.0. The van der Waals surface area contributed by atoms with Crippen molar-refractivity contribution < 1.29 is 18.7 Å². The van der Waals surface area contributed by atoms with Gasteiger partial charge in [-0.15, -0.1) is 10.2 Å². The maximum absolute atomic E-state index is 13.0. The second kappa shape index (κ2) is 12.5. The summed E-state index contributed by atoms with van der Waals surface area (Å²) in [7, 11) is 0. The zero-order valence-electron chi connectivity index (χ0n) is 27.4. The molecule has 7 heteroatoms. The van der Waals surface area contributed by atoms with Crippen molar-refractivity contribution >= 4 is 27.8 Å². The highest BCUT2D eigenvalue weighted by Gasteiger charge is 2.41. The van der Waals surface area contributed by atoms with Crippen LogP contribution in [0.4, 0.5) is 0 Å². The Bertz CT molecular complexity index is 1930. The molecule has 0 amide bonds. The fraction of sp³-hybridized carbons (Fsp3) is 0.308. The van der Waals surface area contributed by atoms with Crippen molar-refractivity contribution in [2.75, 3.05) is 13.2 Å². The molecule has 6 rings (SSSR count). The minimum absolute atomic E-state index is 0.0144. The van der Waals surface area contributed by atoms with E-state index >= 15 is 0 Å². The molecule has 0 saturated heterocycles. The molecular weight excluding hydrogens is 574 g/mol. The molecular formula is C39H41N3O4. The van der Waals surface area contributed by atoms with Crippen molar-refractivity contribution in [2.45, 2.75) is 48.0 Å². The number of benzene rings is 4. The van der Waals surface area contributed by atoms with E-state index in [9.17, 15) is 4.79 Å². The summed E-state index contributed by atoms with van der Waals surface area (Å²) in [5, 5.41) is 11.1. The number of para-hydroxylation sites is 2. The molecule has 7 nitrogen and oxygen atoms in total. The van der Waals surface area contributed by atoms with Gasteiger partial charge in [0.25, 0.3) is 0 Å². The second-order valence-electron chi connectivity index (χ2n) is 13.7. The van der Waals surface area contributed by atoms with E-state index in [2.05, 4.69) is 110 Å². The first-order valence-corrected chi connectivity index (χ1v) is 15.9. The van der Waals surface area contributed by atoms with Crippen LogP contribution in [0.25, 0.3) is 50.4 Å². The smallest absolute Gasteiger partial charge is 0.312 e. The largest absolute Gasteiger partial charge is 0.490 e. The molecule has 0 aliphatic heterocycles. The number of carbonyl (C=O) groups is 1. The number of nitrogens with zero attached hydrogens (tertiary/aromatic N) is 3. The van der Waals surface area contributed by atoms with Gasteiger partial charge in [0, 0.05) is 27.6 Å². The summed E-state index contributed by atoms with van der Waals surface area (Å²) < 4.78 is 20.0. The van der Waals surface area contributed by atoms with Crippen LogP contribution >= 0.6 is 0 Å². The molecule has 6 aromatic rings. The van der Waals surface area contributed by atoms with Gasteiger partial charge >= 0.3 is 5.97 Å². The van der Waals surface area contributed by atoms with Gasteiger partial charge in [-0.05, 0) is 79.3 Å². The summed E-state index contributed by atoms with van der Waals surface area (Å²) in [6, 6.07) is 32.5. The highest BCUT2D eigenvalue weighted by Crippen LogP contribution is 2.40. The van der Waals surface area contributed by atoms with Gasteiger partial charge in [0.05, 0.1) is 16.4 Å². The first kappa shape index (κ1) is 31.1. The number of aromatic nitrogens is 3. The summed E-state index contributed by atoms with van der Waals surface area (Å²) in [5.74, 6) is 1.44. The molecule has 0 saturated carbocycles. The minimum Gasteiger partial charge on any atom is -0.490 e. The van der Waals surface area contributed by atoms with Gasteiger partial charge in [-0.3, -0.25) is 4.79 Å². The lowest BCUT2D eigenvalue weighted by Crippen LogP contribution is -2.39. The quantitative estimate of drug-likeness (QED) is 0.113. The molecule has 2 heterocycles. The summed E-state index contributed by atoms with van der Waals surface area (Å²) in [6.45, 7) is 13.0. The van der Waals surface area contributed by atoms with Crippen LogP contribution in [0.3, 0.4) is 0 Å². The van der Waals surface area contributed by atoms with E-state index in [-0.39, 0.29) is 30.5 Å². The van der Waals surface area contributed by atoms with Crippen LogP contribution < -0.4 is 4.74 Å². The Morgan fingerprint density at radius 3 is 1.98 bits per heavy atom. The van der Waals surface area contributed by atoms with Crippen LogP contribution in [0.15, 0.2) is 101 Å². The number of hydrogen-bond acceptors (Lipinski definition) is 6. The summed E-state index contributed by atoms with van der Waals surface area (Å²) >= 11 is 0. The van der Waals surface area contributed by atoms with Crippen molar-refractivity contribution in [1.82, 2.24) is 14.8 Å². The van der Waals surface area contributed by atoms with Crippen molar-refractivity contribution in [3.8, 4) is 34.3 Å². The molecule has 0 bridgehead atoms. The lowest BCUT2D eigenvalue weighted by atomic mass is 9.69. The average Bonchev–Trinajstić information content (AvgIpc) is 3.66. The predicted octanol–water partition coefficient (Wildman–Crippen LogP) is 9.52. The molecule has 1 atom stereocenters. The SMILES string of the molecule is CC(C)C(C)(CC(C)(C)C)C(=O)OCCOc1cccc(-c2nnc(-c3ccc(-n4c5ccccc5c5ccccc54)cc3)o2)c1. The summed E-state index contributed by atoms with van der Waals surface area (Å²) in [4.78, 5) is 13.0. The third-order valence-electron chi connectivity index (χ3n) is 8.68. The number of fused-ring (bicyclic) bond motifs is 3. The van der Waals surface area contributed by atoms with Crippen molar-refractivity contribution in [2.24, 2.45) is 16.7 Å². The average molecular weight is 616 g/mol. The van der Waals surface area contributed by atoms with E-state index in [0.717, 1.165) is 34.3 Å². The first-order chi connectivity index (χ1) is 22.0. The van der Waals surface area contributed by atoms with E-state index in [4.69, 9.17) is 13.9 Å². The molecule has 0 aliphatic carbocycles. The number of esters is 1. The van der Waals surface area contributed by atoms with Gasteiger partial charge in [-0.2, -0.15) is 0 Å². The molecule has 1 unspecified atom stereocenters.